The van der Waals surface area contributed by atoms with Crippen molar-refractivity contribution in [3.63, 3.8) is 0 Å². The summed E-state index contributed by atoms with van der Waals surface area (Å²) in [5.41, 5.74) is 0.951. The molecule has 0 aromatic heterocycles. The van der Waals surface area contributed by atoms with E-state index in [1.54, 1.807) is 0 Å². The molecule has 0 saturated heterocycles. The molecule has 0 aliphatic carbocycles. The van der Waals surface area contributed by atoms with Crippen molar-refractivity contribution >= 4 is 23.6 Å². The Hall–Kier alpha value is -1.89. The van der Waals surface area contributed by atoms with E-state index in [1.165, 1.54) is 18.9 Å². The Morgan fingerprint density at radius 3 is 2.95 bits per heavy atom. The molecule has 1 amide bonds. The van der Waals surface area contributed by atoms with Crippen molar-refractivity contribution in [1.29, 1.82) is 0 Å². The molecule has 0 bridgehead atoms. The lowest BCUT2D eigenvalue weighted by molar-refractivity contribution is -0.140. The SMILES string of the molecule is COC(=O)CCSCC(=O)NCc1ccc2c(c1)OCO2. The van der Waals surface area contributed by atoms with Crippen molar-refractivity contribution < 1.29 is 23.8 Å². The smallest absolute Gasteiger partial charge is 0.306 e. The first kappa shape index (κ1) is 15.5. The fraction of sp³-hybridized carbons (Fsp3) is 0.429. The van der Waals surface area contributed by atoms with Crippen LogP contribution in [0.1, 0.15) is 12.0 Å². The zero-order valence-corrected chi connectivity index (χ0v) is 12.5. The fourth-order valence-electron chi connectivity index (χ4n) is 1.73. The lowest BCUT2D eigenvalue weighted by Crippen LogP contribution is -2.24. The van der Waals surface area contributed by atoms with Crippen molar-refractivity contribution in [2.24, 2.45) is 0 Å². The number of amides is 1. The highest BCUT2D eigenvalue weighted by atomic mass is 32.2. The molecule has 21 heavy (non-hydrogen) atoms. The molecule has 1 aliphatic heterocycles. The Bertz CT molecular complexity index is 520. The number of rotatable bonds is 7. The maximum absolute atomic E-state index is 11.7. The Labute approximate surface area is 127 Å². The molecule has 1 aliphatic rings. The molecule has 0 saturated carbocycles. The average Bonchev–Trinajstić information content (AvgIpc) is 2.96. The van der Waals surface area contributed by atoms with Crippen molar-refractivity contribution in [2.45, 2.75) is 13.0 Å². The highest BCUT2D eigenvalue weighted by Crippen LogP contribution is 2.32. The van der Waals surface area contributed by atoms with Crippen LogP contribution in [0.3, 0.4) is 0 Å². The summed E-state index contributed by atoms with van der Waals surface area (Å²) in [7, 11) is 1.35. The maximum atomic E-state index is 11.7. The summed E-state index contributed by atoms with van der Waals surface area (Å²) in [6, 6.07) is 5.57. The number of nitrogens with one attached hydrogen (secondary N) is 1. The van der Waals surface area contributed by atoms with Gasteiger partial charge in [-0.1, -0.05) is 6.07 Å². The molecule has 1 aromatic rings. The predicted molar refractivity (Wildman–Crippen MR) is 78.4 cm³/mol. The van der Waals surface area contributed by atoms with E-state index in [2.05, 4.69) is 10.1 Å². The van der Waals surface area contributed by atoms with E-state index in [4.69, 9.17) is 9.47 Å². The summed E-state index contributed by atoms with van der Waals surface area (Å²) in [6.07, 6.45) is 0.316. The Morgan fingerprint density at radius 1 is 1.33 bits per heavy atom. The molecule has 1 heterocycles. The number of fused-ring (bicyclic) bond motifs is 1. The predicted octanol–water partition coefficient (Wildman–Crippen LogP) is 1.33. The minimum absolute atomic E-state index is 0.0671. The first-order chi connectivity index (χ1) is 10.2. The number of carbonyl (C=O) groups excluding carboxylic acids is 2. The van der Waals surface area contributed by atoms with Crippen molar-refractivity contribution in [3.8, 4) is 11.5 Å². The lowest BCUT2D eigenvalue weighted by atomic mass is 10.2. The number of ether oxygens (including phenoxy) is 3. The average molecular weight is 311 g/mol. The molecular weight excluding hydrogens is 294 g/mol. The van der Waals surface area contributed by atoms with Crippen molar-refractivity contribution in [3.05, 3.63) is 23.8 Å². The van der Waals surface area contributed by atoms with Crippen LogP contribution in [0.15, 0.2) is 18.2 Å². The monoisotopic (exact) mass is 311 g/mol. The number of thioether (sulfide) groups is 1. The van der Waals surface area contributed by atoms with Gasteiger partial charge in [-0.3, -0.25) is 9.59 Å². The molecule has 0 radical (unpaired) electrons. The molecule has 1 N–H and O–H groups in total. The van der Waals surface area contributed by atoms with Gasteiger partial charge in [0.1, 0.15) is 0 Å². The van der Waals surface area contributed by atoms with Crippen LogP contribution in [0.5, 0.6) is 11.5 Å². The first-order valence-electron chi connectivity index (χ1n) is 6.49. The van der Waals surface area contributed by atoms with Gasteiger partial charge in [-0.05, 0) is 17.7 Å². The molecule has 0 spiro atoms. The van der Waals surface area contributed by atoms with E-state index < -0.39 is 0 Å². The highest BCUT2D eigenvalue weighted by molar-refractivity contribution is 7.99. The zero-order chi connectivity index (χ0) is 15.1. The van der Waals surface area contributed by atoms with Gasteiger partial charge in [0.05, 0.1) is 19.3 Å². The number of methoxy groups -OCH3 is 1. The van der Waals surface area contributed by atoms with Gasteiger partial charge in [0.2, 0.25) is 12.7 Å². The zero-order valence-electron chi connectivity index (χ0n) is 11.7. The quantitative estimate of drug-likeness (QED) is 0.605. The molecule has 1 aromatic carbocycles. The van der Waals surface area contributed by atoms with E-state index in [0.717, 1.165) is 11.3 Å². The summed E-state index contributed by atoms with van der Waals surface area (Å²) in [6.45, 7) is 0.676. The standard InChI is InChI=1S/C14H17NO5S/c1-18-14(17)4-5-21-8-13(16)15-7-10-2-3-11-12(6-10)20-9-19-11/h2-3,6H,4-5,7-9H2,1H3,(H,15,16). The van der Waals surface area contributed by atoms with Crippen LogP contribution in [0, 0.1) is 0 Å². The Kier molecular flexibility index (Phi) is 5.74. The van der Waals surface area contributed by atoms with Crippen LogP contribution in [0.4, 0.5) is 0 Å². The second-order valence-corrected chi connectivity index (χ2v) is 5.45. The topological polar surface area (TPSA) is 73.9 Å². The van der Waals surface area contributed by atoms with Crippen LogP contribution in [0.25, 0.3) is 0 Å². The van der Waals surface area contributed by atoms with Gasteiger partial charge in [0.25, 0.3) is 0 Å². The second-order valence-electron chi connectivity index (χ2n) is 4.34. The molecule has 0 unspecified atom stereocenters. The molecule has 7 heteroatoms. The van der Waals surface area contributed by atoms with Gasteiger partial charge in [-0.25, -0.2) is 0 Å². The molecule has 114 valence electrons. The Morgan fingerprint density at radius 2 is 2.14 bits per heavy atom. The Balaban J connectivity index is 1.66. The van der Waals surface area contributed by atoms with E-state index in [1.807, 2.05) is 18.2 Å². The second kappa shape index (κ2) is 7.78. The van der Waals surface area contributed by atoms with Gasteiger partial charge >= 0.3 is 5.97 Å². The summed E-state index contributed by atoms with van der Waals surface area (Å²) in [4.78, 5) is 22.6. The van der Waals surface area contributed by atoms with Gasteiger partial charge in [0.15, 0.2) is 11.5 Å². The van der Waals surface area contributed by atoms with E-state index >= 15 is 0 Å². The van der Waals surface area contributed by atoms with Crippen LogP contribution < -0.4 is 14.8 Å². The number of hydrogen-bond acceptors (Lipinski definition) is 6. The third-order valence-electron chi connectivity index (χ3n) is 2.84. The van der Waals surface area contributed by atoms with Gasteiger partial charge < -0.3 is 19.5 Å². The van der Waals surface area contributed by atoms with E-state index in [0.29, 0.717) is 30.2 Å². The summed E-state index contributed by atoms with van der Waals surface area (Å²) in [5.74, 6) is 1.99. The molecule has 0 atom stereocenters. The number of benzene rings is 1. The number of carbonyl (C=O) groups is 2. The van der Waals surface area contributed by atoms with E-state index in [9.17, 15) is 9.59 Å². The largest absolute Gasteiger partial charge is 0.469 e. The minimum Gasteiger partial charge on any atom is -0.469 e. The summed E-state index contributed by atoms with van der Waals surface area (Å²) < 4.78 is 15.0. The molecule has 6 nitrogen and oxygen atoms in total. The lowest BCUT2D eigenvalue weighted by Gasteiger charge is -2.06. The van der Waals surface area contributed by atoms with E-state index in [-0.39, 0.29) is 18.7 Å². The first-order valence-corrected chi connectivity index (χ1v) is 7.64. The molecule has 0 fully saturated rings. The van der Waals surface area contributed by atoms with Gasteiger partial charge in [-0.2, -0.15) is 11.8 Å². The van der Waals surface area contributed by atoms with Crippen LogP contribution in [0.2, 0.25) is 0 Å². The number of esters is 1. The maximum Gasteiger partial charge on any atom is 0.306 e. The summed E-state index contributed by atoms with van der Waals surface area (Å²) in [5, 5.41) is 2.82. The van der Waals surface area contributed by atoms with Crippen molar-refractivity contribution in [1.82, 2.24) is 5.32 Å². The van der Waals surface area contributed by atoms with Gasteiger partial charge in [0, 0.05) is 12.3 Å². The van der Waals surface area contributed by atoms with Crippen LogP contribution >= 0.6 is 11.8 Å². The van der Waals surface area contributed by atoms with Gasteiger partial charge in [-0.15, -0.1) is 0 Å². The molecule has 2 rings (SSSR count). The minimum atomic E-state index is -0.261. The van der Waals surface area contributed by atoms with Crippen molar-refractivity contribution in [2.75, 3.05) is 25.4 Å². The molecular formula is C14H17NO5S. The fourth-order valence-corrected chi connectivity index (χ4v) is 2.47. The number of hydrogen-bond donors (Lipinski definition) is 1. The normalized spacial score (nSPS) is 12.0. The van der Waals surface area contributed by atoms with Crippen LogP contribution in [-0.4, -0.2) is 37.3 Å². The third-order valence-corrected chi connectivity index (χ3v) is 3.80. The van der Waals surface area contributed by atoms with Crippen LogP contribution in [-0.2, 0) is 20.9 Å². The third kappa shape index (κ3) is 4.86. The highest BCUT2D eigenvalue weighted by Gasteiger charge is 2.13. The summed E-state index contributed by atoms with van der Waals surface area (Å²) >= 11 is 1.40.